The molecule has 0 aliphatic heterocycles. The Hall–Kier alpha value is -3.90. The Morgan fingerprint density at radius 2 is 1.50 bits per heavy atom. The van der Waals surface area contributed by atoms with Crippen molar-refractivity contribution in [3.63, 3.8) is 0 Å². The minimum atomic E-state index is -0.0705. The van der Waals surface area contributed by atoms with Gasteiger partial charge in [-0.3, -0.25) is 9.20 Å². The van der Waals surface area contributed by atoms with E-state index in [1.165, 1.54) is 11.8 Å². The molecule has 0 unspecified atom stereocenters. The first-order chi connectivity index (χ1) is 15.8. The van der Waals surface area contributed by atoms with Crippen molar-refractivity contribution in [2.24, 2.45) is 0 Å². The van der Waals surface area contributed by atoms with E-state index in [4.69, 9.17) is 9.97 Å². The molecule has 32 heavy (non-hydrogen) atoms. The van der Waals surface area contributed by atoms with Crippen molar-refractivity contribution in [3.05, 3.63) is 91.0 Å². The van der Waals surface area contributed by atoms with Crippen molar-refractivity contribution in [2.75, 3.05) is 11.1 Å². The fraction of sp³-hybridized carbons (Fsp3) is 0.0385. The quantitative estimate of drug-likeness (QED) is 0.276. The summed E-state index contributed by atoms with van der Waals surface area (Å²) in [5.74, 6) is 0.176. The molecule has 0 saturated heterocycles. The van der Waals surface area contributed by atoms with E-state index in [2.05, 4.69) is 5.32 Å². The lowest BCUT2D eigenvalue weighted by Gasteiger charge is -2.10. The van der Waals surface area contributed by atoms with Gasteiger partial charge in [-0.05, 0) is 35.7 Å². The SMILES string of the molecule is O=C(CSc1nc2ccccc2c2nc3ccccc3n12)Nc1cccc2ccccc12. The van der Waals surface area contributed by atoms with Gasteiger partial charge < -0.3 is 5.32 Å². The molecule has 2 heterocycles. The molecule has 6 heteroatoms. The van der Waals surface area contributed by atoms with Gasteiger partial charge in [0.25, 0.3) is 0 Å². The van der Waals surface area contributed by atoms with Crippen molar-refractivity contribution >= 4 is 61.7 Å². The van der Waals surface area contributed by atoms with Crippen molar-refractivity contribution in [1.82, 2.24) is 14.4 Å². The summed E-state index contributed by atoms with van der Waals surface area (Å²) in [4.78, 5) is 22.5. The average molecular weight is 435 g/mol. The summed E-state index contributed by atoms with van der Waals surface area (Å²) in [6, 6.07) is 29.9. The van der Waals surface area contributed by atoms with Crippen LogP contribution < -0.4 is 5.32 Å². The lowest BCUT2D eigenvalue weighted by atomic mass is 10.1. The smallest absolute Gasteiger partial charge is 0.234 e. The molecular weight excluding hydrogens is 416 g/mol. The molecule has 4 aromatic carbocycles. The van der Waals surface area contributed by atoms with Gasteiger partial charge in [-0.2, -0.15) is 0 Å². The second-order valence-corrected chi connectivity index (χ2v) is 8.48. The van der Waals surface area contributed by atoms with Crippen LogP contribution in [-0.4, -0.2) is 26.0 Å². The maximum absolute atomic E-state index is 12.8. The number of nitrogens with zero attached hydrogens (tertiary/aromatic N) is 3. The van der Waals surface area contributed by atoms with Crippen LogP contribution in [0.25, 0.3) is 38.4 Å². The van der Waals surface area contributed by atoms with Crippen molar-refractivity contribution in [3.8, 4) is 0 Å². The van der Waals surface area contributed by atoms with Crippen molar-refractivity contribution < 1.29 is 4.79 Å². The molecule has 0 atom stereocenters. The summed E-state index contributed by atoms with van der Waals surface area (Å²) in [5.41, 5.74) is 4.44. The summed E-state index contributed by atoms with van der Waals surface area (Å²) in [6.07, 6.45) is 0. The Labute approximate surface area is 188 Å². The van der Waals surface area contributed by atoms with Gasteiger partial charge >= 0.3 is 0 Å². The van der Waals surface area contributed by atoms with E-state index in [9.17, 15) is 4.79 Å². The van der Waals surface area contributed by atoms with Gasteiger partial charge in [0.1, 0.15) is 5.65 Å². The molecule has 2 aromatic heterocycles. The largest absolute Gasteiger partial charge is 0.325 e. The van der Waals surface area contributed by atoms with E-state index in [-0.39, 0.29) is 11.7 Å². The fourth-order valence-electron chi connectivity index (χ4n) is 4.06. The monoisotopic (exact) mass is 434 g/mol. The zero-order valence-electron chi connectivity index (χ0n) is 17.0. The van der Waals surface area contributed by atoms with Crippen LogP contribution in [0.2, 0.25) is 0 Å². The van der Waals surface area contributed by atoms with Gasteiger partial charge in [0.15, 0.2) is 5.16 Å². The van der Waals surface area contributed by atoms with Crippen molar-refractivity contribution in [1.29, 1.82) is 0 Å². The standard InChI is InChI=1S/C26H18N4OS/c31-24(27-20-14-7-9-17-8-1-2-10-18(17)20)16-32-26-29-21-12-4-3-11-19(21)25-28-22-13-5-6-15-23(22)30(25)26/h1-15H,16H2,(H,27,31). The van der Waals surface area contributed by atoms with Crippen LogP contribution in [0.3, 0.4) is 0 Å². The number of para-hydroxylation sites is 3. The highest BCUT2D eigenvalue weighted by atomic mass is 32.2. The van der Waals surface area contributed by atoms with Crippen LogP contribution in [0.15, 0.2) is 96.2 Å². The Kier molecular flexibility index (Phi) is 4.51. The number of fused-ring (bicyclic) bond motifs is 6. The van der Waals surface area contributed by atoms with E-state index >= 15 is 0 Å². The van der Waals surface area contributed by atoms with Gasteiger partial charge in [-0.25, -0.2) is 9.97 Å². The molecule has 1 amide bonds. The Morgan fingerprint density at radius 1 is 0.781 bits per heavy atom. The molecule has 5 nitrogen and oxygen atoms in total. The van der Waals surface area contributed by atoms with Crippen molar-refractivity contribution in [2.45, 2.75) is 5.16 Å². The zero-order valence-corrected chi connectivity index (χ0v) is 17.8. The lowest BCUT2D eigenvalue weighted by Crippen LogP contribution is -2.14. The van der Waals surface area contributed by atoms with E-state index in [1.54, 1.807) is 0 Å². The minimum Gasteiger partial charge on any atom is -0.325 e. The number of carbonyl (C=O) groups is 1. The molecule has 0 spiro atoms. The first-order valence-corrected chi connectivity index (χ1v) is 11.3. The van der Waals surface area contributed by atoms with E-state index in [0.29, 0.717) is 0 Å². The summed E-state index contributed by atoms with van der Waals surface area (Å²) >= 11 is 1.42. The molecule has 6 rings (SSSR count). The van der Waals surface area contributed by atoms with Crippen LogP contribution in [-0.2, 0) is 4.79 Å². The minimum absolute atomic E-state index is 0.0705. The second kappa shape index (κ2) is 7.66. The van der Waals surface area contributed by atoms with E-state index in [1.807, 2.05) is 95.4 Å². The number of imidazole rings is 1. The Morgan fingerprint density at radius 3 is 2.41 bits per heavy atom. The molecular formula is C26H18N4OS. The zero-order chi connectivity index (χ0) is 21.5. The molecule has 154 valence electrons. The Balaban J connectivity index is 1.36. The molecule has 0 saturated carbocycles. The van der Waals surface area contributed by atoms with Crippen LogP contribution in [0.5, 0.6) is 0 Å². The molecule has 0 bridgehead atoms. The number of nitrogens with one attached hydrogen (secondary N) is 1. The summed E-state index contributed by atoms with van der Waals surface area (Å²) in [7, 11) is 0. The fourth-order valence-corrected chi connectivity index (χ4v) is 4.87. The summed E-state index contributed by atoms with van der Waals surface area (Å²) < 4.78 is 2.05. The number of thioether (sulfide) groups is 1. The number of carbonyl (C=O) groups excluding carboxylic acids is 1. The highest BCUT2D eigenvalue weighted by Gasteiger charge is 2.15. The third kappa shape index (κ3) is 3.16. The van der Waals surface area contributed by atoms with Crippen LogP contribution in [0.4, 0.5) is 5.69 Å². The van der Waals surface area contributed by atoms with Crippen LogP contribution in [0.1, 0.15) is 0 Å². The van der Waals surface area contributed by atoms with Gasteiger partial charge in [0.2, 0.25) is 5.91 Å². The maximum Gasteiger partial charge on any atom is 0.234 e. The predicted molar refractivity (Wildman–Crippen MR) is 131 cm³/mol. The maximum atomic E-state index is 12.8. The molecule has 0 aliphatic carbocycles. The number of aromatic nitrogens is 3. The highest BCUT2D eigenvalue weighted by molar-refractivity contribution is 7.99. The number of amides is 1. The van der Waals surface area contributed by atoms with Gasteiger partial charge in [-0.1, -0.05) is 72.4 Å². The van der Waals surface area contributed by atoms with E-state index < -0.39 is 0 Å². The number of hydrogen-bond donors (Lipinski definition) is 1. The normalized spacial score (nSPS) is 11.5. The van der Waals surface area contributed by atoms with Gasteiger partial charge in [-0.15, -0.1) is 0 Å². The lowest BCUT2D eigenvalue weighted by molar-refractivity contribution is -0.113. The third-order valence-electron chi connectivity index (χ3n) is 5.51. The van der Waals surface area contributed by atoms with E-state index in [0.717, 1.165) is 49.2 Å². The predicted octanol–water partition coefficient (Wildman–Crippen LogP) is 5.92. The number of benzene rings is 4. The molecule has 6 aromatic rings. The molecule has 0 radical (unpaired) electrons. The second-order valence-electron chi connectivity index (χ2n) is 7.53. The average Bonchev–Trinajstić information content (AvgIpc) is 3.23. The first-order valence-electron chi connectivity index (χ1n) is 10.3. The molecule has 0 aliphatic rings. The number of hydrogen-bond acceptors (Lipinski definition) is 4. The molecule has 0 fully saturated rings. The molecule has 1 N–H and O–H groups in total. The highest BCUT2D eigenvalue weighted by Crippen LogP contribution is 2.29. The summed E-state index contributed by atoms with van der Waals surface area (Å²) in [6.45, 7) is 0. The number of rotatable bonds is 4. The number of anilines is 1. The van der Waals surface area contributed by atoms with Gasteiger partial charge in [0.05, 0.1) is 22.3 Å². The first kappa shape index (κ1) is 18.8. The van der Waals surface area contributed by atoms with Crippen LogP contribution in [0, 0.1) is 0 Å². The Bertz CT molecular complexity index is 1630. The third-order valence-corrected chi connectivity index (χ3v) is 6.45. The topological polar surface area (TPSA) is 59.3 Å². The summed E-state index contributed by atoms with van der Waals surface area (Å²) in [5, 5.41) is 6.93. The van der Waals surface area contributed by atoms with Crippen LogP contribution >= 0.6 is 11.8 Å². The van der Waals surface area contributed by atoms with Gasteiger partial charge in [0, 0.05) is 16.5 Å².